The average Bonchev–Trinajstić information content (AvgIpc) is 2.59. The molecule has 1 aliphatic carbocycles. The monoisotopic (exact) mass is 354 g/mol. The molecule has 6 nitrogen and oxygen atoms in total. The van der Waals surface area contributed by atoms with E-state index < -0.39 is 5.60 Å². The number of nitrogens with one attached hydrogen (secondary N) is 1. The van der Waals surface area contributed by atoms with Crippen LogP contribution >= 0.6 is 0 Å². The first-order valence-electron chi connectivity index (χ1n) is 9.61. The SMILES string of the molecule is CC(C)(C)OC(=O)N1CCC(C(=O)NCC2(CO)CCCCC2)CC1. The summed E-state index contributed by atoms with van der Waals surface area (Å²) < 4.78 is 5.39. The summed E-state index contributed by atoms with van der Waals surface area (Å²) in [5.41, 5.74) is -0.630. The molecule has 2 N–H and O–H groups in total. The zero-order valence-electron chi connectivity index (χ0n) is 16.0. The maximum absolute atomic E-state index is 12.5. The lowest BCUT2D eigenvalue weighted by atomic mass is 9.74. The Bertz CT molecular complexity index is 459. The van der Waals surface area contributed by atoms with Crippen LogP contribution < -0.4 is 5.32 Å². The number of amides is 2. The van der Waals surface area contributed by atoms with E-state index >= 15 is 0 Å². The summed E-state index contributed by atoms with van der Waals surface area (Å²) in [5, 5.41) is 12.8. The largest absolute Gasteiger partial charge is 0.444 e. The number of hydrogen-bond acceptors (Lipinski definition) is 4. The van der Waals surface area contributed by atoms with E-state index in [-0.39, 0.29) is 29.9 Å². The van der Waals surface area contributed by atoms with Gasteiger partial charge in [-0.05, 0) is 46.5 Å². The molecule has 1 heterocycles. The topological polar surface area (TPSA) is 78.9 Å². The summed E-state index contributed by atoms with van der Waals surface area (Å²) in [6.45, 7) is 7.38. The van der Waals surface area contributed by atoms with Crippen LogP contribution in [0.4, 0.5) is 4.79 Å². The van der Waals surface area contributed by atoms with E-state index in [1.807, 2.05) is 20.8 Å². The van der Waals surface area contributed by atoms with Crippen molar-refractivity contribution in [1.82, 2.24) is 10.2 Å². The minimum absolute atomic E-state index is 0.0574. The van der Waals surface area contributed by atoms with Crippen LogP contribution in [0, 0.1) is 11.3 Å². The fourth-order valence-corrected chi connectivity index (χ4v) is 3.76. The number of carbonyl (C=O) groups is 2. The zero-order chi connectivity index (χ0) is 18.5. The Morgan fingerprint density at radius 2 is 1.76 bits per heavy atom. The summed E-state index contributed by atoms with van der Waals surface area (Å²) in [6, 6.07) is 0. The molecule has 0 atom stereocenters. The van der Waals surface area contributed by atoms with Crippen molar-refractivity contribution < 1.29 is 19.4 Å². The maximum atomic E-state index is 12.5. The molecular weight excluding hydrogens is 320 g/mol. The van der Waals surface area contributed by atoms with Gasteiger partial charge < -0.3 is 20.1 Å². The van der Waals surface area contributed by atoms with Gasteiger partial charge in [-0.1, -0.05) is 19.3 Å². The van der Waals surface area contributed by atoms with Crippen LogP contribution in [0.1, 0.15) is 65.7 Å². The van der Waals surface area contributed by atoms with Gasteiger partial charge >= 0.3 is 6.09 Å². The fourth-order valence-electron chi connectivity index (χ4n) is 3.76. The van der Waals surface area contributed by atoms with Crippen LogP contribution in [-0.4, -0.2) is 53.8 Å². The molecule has 0 spiro atoms. The number of nitrogens with zero attached hydrogens (tertiary/aromatic N) is 1. The van der Waals surface area contributed by atoms with Crippen LogP contribution in [0.2, 0.25) is 0 Å². The van der Waals surface area contributed by atoms with Crippen LogP contribution in [0.3, 0.4) is 0 Å². The first-order chi connectivity index (χ1) is 11.7. The van der Waals surface area contributed by atoms with Crippen molar-refractivity contribution >= 4 is 12.0 Å². The molecule has 0 radical (unpaired) electrons. The second-order valence-electron chi connectivity index (χ2n) is 8.68. The molecule has 6 heteroatoms. The molecule has 2 fully saturated rings. The Morgan fingerprint density at radius 3 is 2.28 bits per heavy atom. The van der Waals surface area contributed by atoms with E-state index in [1.165, 1.54) is 6.42 Å². The molecule has 0 bridgehead atoms. The lowest BCUT2D eigenvalue weighted by Crippen LogP contribution is -2.47. The van der Waals surface area contributed by atoms with Crippen LogP contribution in [0.25, 0.3) is 0 Å². The Hall–Kier alpha value is -1.30. The number of ether oxygens (including phenoxy) is 1. The second-order valence-corrected chi connectivity index (χ2v) is 8.68. The van der Waals surface area contributed by atoms with Crippen molar-refractivity contribution in [1.29, 1.82) is 0 Å². The molecular formula is C19H34N2O4. The predicted molar refractivity (Wildman–Crippen MR) is 96.1 cm³/mol. The summed E-state index contributed by atoms with van der Waals surface area (Å²) in [6.07, 6.45) is 6.48. The van der Waals surface area contributed by atoms with Crippen molar-refractivity contribution in [3.05, 3.63) is 0 Å². The third kappa shape index (κ3) is 5.87. The third-order valence-electron chi connectivity index (χ3n) is 5.40. The van der Waals surface area contributed by atoms with Crippen LogP contribution in [-0.2, 0) is 9.53 Å². The fraction of sp³-hybridized carbons (Fsp3) is 0.895. The Kier molecular flexibility index (Phi) is 6.72. The highest BCUT2D eigenvalue weighted by molar-refractivity contribution is 5.79. The number of aliphatic hydroxyl groups excluding tert-OH is 1. The molecule has 0 aromatic heterocycles. The Balaban J connectivity index is 1.76. The third-order valence-corrected chi connectivity index (χ3v) is 5.40. The highest BCUT2D eigenvalue weighted by atomic mass is 16.6. The van der Waals surface area contributed by atoms with Gasteiger partial charge in [0.2, 0.25) is 5.91 Å². The molecule has 0 aromatic rings. The maximum Gasteiger partial charge on any atom is 0.410 e. The number of hydrogen-bond donors (Lipinski definition) is 2. The lowest BCUT2D eigenvalue weighted by Gasteiger charge is -2.37. The van der Waals surface area contributed by atoms with Gasteiger partial charge in [-0.3, -0.25) is 4.79 Å². The minimum Gasteiger partial charge on any atom is -0.444 e. The molecule has 0 aromatic carbocycles. The lowest BCUT2D eigenvalue weighted by molar-refractivity contribution is -0.127. The average molecular weight is 354 g/mol. The van der Waals surface area contributed by atoms with E-state index in [0.29, 0.717) is 32.5 Å². The van der Waals surface area contributed by atoms with Gasteiger partial charge in [-0.25, -0.2) is 4.79 Å². The van der Waals surface area contributed by atoms with Crippen LogP contribution in [0.5, 0.6) is 0 Å². The van der Waals surface area contributed by atoms with Crippen molar-refractivity contribution in [2.24, 2.45) is 11.3 Å². The van der Waals surface area contributed by atoms with E-state index in [1.54, 1.807) is 4.90 Å². The van der Waals surface area contributed by atoms with Gasteiger partial charge in [-0.2, -0.15) is 0 Å². The molecule has 0 unspecified atom stereocenters. The molecule has 25 heavy (non-hydrogen) atoms. The van der Waals surface area contributed by atoms with Gasteiger partial charge in [0.15, 0.2) is 0 Å². The Labute approximate surface area is 151 Å². The van der Waals surface area contributed by atoms with E-state index in [2.05, 4.69) is 5.32 Å². The zero-order valence-corrected chi connectivity index (χ0v) is 16.0. The van der Waals surface area contributed by atoms with Gasteiger partial charge in [0.25, 0.3) is 0 Å². The van der Waals surface area contributed by atoms with Gasteiger partial charge in [-0.15, -0.1) is 0 Å². The molecule has 1 aliphatic heterocycles. The minimum atomic E-state index is -0.496. The highest BCUT2D eigenvalue weighted by Gasteiger charge is 2.34. The molecule has 2 rings (SSSR count). The van der Waals surface area contributed by atoms with E-state index in [9.17, 15) is 14.7 Å². The molecule has 1 saturated heterocycles. The molecule has 2 amide bonds. The number of rotatable bonds is 4. The van der Waals surface area contributed by atoms with Gasteiger partial charge in [0.05, 0.1) is 6.61 Å². The van der Waals surface area contributed by atoms with Crippen molar-refractivity contribution in [3.63, 3.8) is 0 Å². The first-order valence-corrected chi connectivity index (χ1v) is 9.61. The van der Waals surface area contributed by atoms with Gasteiger partial charge in [0.1, 0.15) is 5.60 Å². The summed E-state index contributed by atoms with van der Waals surface area (Å²) in [5.74, 6) is 0.000238. The summed E-state index contributed by atoms with van der Waals surface area (Å²) >= 11 is 0. The number of carbonyl (C=O) groups excluding carboxylic acids is 2. The smallest absolute Gasteiger partial charge is 0.410 e. The quantitative estimate of drug-likeness (QED) is 0.813. The number of aliphatic hydroxyl groups is 1. The standard InChI is InChI=1S/C19H34N2O4/c1-18(2,3)25-17(24)21-11-7-15(8-12-21)16(23)20-13-19(14-22)9-5-4-6-10-19/h15,22H,4-14H2,1-3H3,(H,20,23). The first kappa shape index (κ1) is 20.0. The second kappa shape index (κ2) is 8.39. The van der Waals surface area contributed by atoms with Crippen molar-refractivity contribution in [2.75, 3.05) is 26.2 Å². The number of likely N-dealkylation sites (tertiary alicyclic amines) is 1. The Morgan fingerprint density at radius 1 is 1.16 bits per heavy atom. The molecule has 1 saturated carbocycles. The normalized spacial score (nSPS) is 21.7. The molecule has 144 valence electrons. The number of piperidine rings is 1. The van der Waals surface area contributed by atoms with E-state index in [4.69, 9.17) is 4.74 Å². The summed E-state index contributed by atoms with van der Waals surface area (Å²) in [4.78, 5) is 26.2. The van der Waals surface area contributed by atoms with E-state index in [0.717, 1.165) is 25.7 Å². The molecule has 2 aliphatic rings. The predicted octanol–water partition coefficient (Wildman–Crippen LogP) is 2.69. The van der Waals surface area contributed by atoms with Crippen molar-refractivity contribution in [2.45, 2.75) is 71.3 Å². The highest BCUT2D eigenvalue weighted by Crippen LogP contribution is 2.35. The summed E-state index contributed by atoms with van der Waals surface area (Å²) in [7, 11) is 0. The van der Waals surface area contributed by atoms with Gasteiger partial charge in [0, 0.05) is 31.0 Å². The van der Waals surface area contributed by atoms with Crippen LogP contribution in [0.15, 0.2) is 0 Å². The van der Waals surface area contributed by atoms with Crippen molar-refractivity contribution in [3.8, 4) is 0 Å².